The topological polar surface area (TPSA) is 78.4 Å². The van der Waals surface area contributed by atoms with Crippen molar-refractivity contribution in [2.75, 3.05) is 38.7 Å². The van der Waals surface area contributed by atoms with Crippen molar-refractivity contribution in [3.8, 4) is 11.5 Å². The smallest absolute Gasteiger partial charge is 0.196 e. The molecule has 1 fully saturated rings. The average molecular weight is 441 g/mol. The third-order valence-electron chi connectivity index (χ3n) is 5.48. The van der Waals surface area contributed by atoms with E-state index < -0.39 is 0 Å². The van der Waals surface area contributed by atoms with Crippen LogP contribution in [0.2, 0.25) is 0 Å². The number of piperidine rings is 1. The lowest BCUT2D eigenvalue weighted by atomic mass is 10.1. The summed E-state index contributed by atoms with van der Waals surface area (Å²) in [5.41, 5.74) is 3.33. The Labute approximate surface area is 191 Å². The molecule has 0 unspecified atom stereocenters. The zero-order valence-corrected chi connectivity index (χ0v) is 19.4. The number of aliphatic hydroxyl groups excluding tert-OH is 1. The number of hydrogen-bond acceptors (Lipinski definition) is 5. The third-order valence-corrected chi connectivity index (χ3v) is 5.48. The van der Waals surface area contributed by atoms with Crippen LogP contribution in [-0.2, 0) is 13.1 Å². The number of likely N-dealkylation sites (tertiary alicyclic amines) is 1. The van der Waals surface area contributed by atoms with Crippen LogP contribution in [0.4, 0.5) is 5.69 Å². The Morgan fingerprint density at radius 3 is 2.44 bits per heavy atom. The average Bonchev–Trinajstić information content (AvgIpc) is 2.81. The van der Waals surface area contributed by atoms with Gasteiger partial charge in [0, 0.05) is 37.9 Å². The van der Waals surface area contributed by atoms with Crippen LogP contribution in [0, 0.1) is 0 Å². The maximum absolute atomic E-state index is 9.66. The van der Waals surface area contributed by atoms with Gasteiger partial charge in [-0.15, -0.1) is 0 Å². The molecule has 7 heteroatoms. The molecule has 7 nitrogen and oxygen atoms in total. The number of rotatable bonds is 9. The summed E-state index contributed by atoms with van der Waals surface area (Å²) in [5, 5.41) is 16.3. The van der Waals surface area contributed by atoms with Crippen LogP contribution < -0.4 is 20.1 Å². The Bertz CT molecular complexity index is 862. The first-order chi connectivity index (χ1) is 15.6. The van der Waals surface area contributed by atoms with Crippen LogP contribution in [0.25, 0.3) is 0 Å². The maximum atomic E-state index is 9.66. The number of nitrogens with zero attached hydrogens (tertiary/aromatic N) is 2. The van der Waals surface area contributed by atoms with Gasteiger partial charge in [-0.05, 0) is 49.9 Å². The number of ether oxygens (including phenoxy) is 2. The van der Waals surface area contributed by atoms with Crippen LogP contribution in [0.15, 0.2) is 47.5 Å². The number of anilines is 1. The van der Waals surface area contributed by atoms with Gasteiger partial charge < -0.3 is 25.2 Å². The Balaban J connectivity index is 1.59. The SMILES string of the molecule is CCNC(=NCc1ccc(CN2CCC(O)CC2)cc1)Nc1ccc(OCC)c(OC)c1. The van der Waals surface area contributed by atoms with Crippen molar-refractivity contribution < 1.29 is 14.6 Å². The molecule has 0 aromatic heterocycles. The fourth-order valence-electron chi connectivity index (χ4n) is 3.72. The molecular weight excluding hydrogens is 404 g/mol. The normalized spacial score (nSPS) is 15.4. The highest BCUT2D eigenvalue weighted by Gasteiger charge is 2.16. The molecule has 3 rings (SSSR count). The van der Waals surface area contributed by atoms with Crippen LogP contribution in [0.3, 0.4) is 0 Å². The number of methoxy groups -OCH3 is 1. The first-order valence-electron chi connectivity index (χ1n) is 11.5. The third kappa shape index (κ3) is 7.14. The largest absolute Gasteiger partial charge is 0.493 e. The van der Waals surface area contributed by atoms with E-state index in [0.717, 1.165) is 62.0 Å². The molecule has 0 aliphatic carbocycles. The summed E-state index contributed by atoms with van der Waals surface area (Å²) in [4.78, 5) is 7.13. The van der Waals surface area contributed by atoms with Crippen molar-refractivity contribution in [1.29, 1.82) is 0 Å². The van der Waals surface area contributed by atoms with Gasteiger partial charge in [0.05, 0.1) is 26.4 Å². The molecule has 174 valence electrons. The van der Waals surface area contributed by atoms with Crippen LogP contribution >= 0.6 is 0 Å². The van der Waals surface area contributed by atoms with E-state index in [1.165, 1.54) is 5.56 Å². The molecule has 1 aliphatic heterocycles. The molecule has 1 aliphatic rings. The molecule has 2 aromatic carbocycles. The Kier molecular flexibility index (Phi) is 9.19. The molecular formula is C25H36N4O3. The summed E-state index contributed by atoms with van der Waals surface area (Å²) in [6.45, 7) is 8.79. The molecule has 32 heavy (non-hydrogen) atoms. The summed E-state index contributed by atoms with van der Waals surface area (Å²) in [6, 6.07) is 14.4. The number of nitrogens with one attached hydrogen (secondary N) is 2. The van der Waals surface area contributed by atoms with Gasteiger partial charge in [0.1, 0.15) is 0 Å². The molecule has 0 bridgehead atoms. The molecule has 2 aromatic rings. The Morgan fingerprint density at radius 2 is 1.78 bits per heavy atom. The van der Waals surface area contributed by atoms with Crippen LogP contribution in [0.5, 0.6) is 11.5 Å². The van der Waals surface area contributed by atoms with Crippen molar-refractivity contribution >= 4 is 11.6 Å². The van der Waals surface area contributed by atoms with E-state index in [-0.39, 0.29) is 6.10 Å². The van der Waals surface area contributed by atoms with Gasteiger partial charge in [0.2, 0.25) is 0 Å². The molecule has 0 saturated carbocycles. The standard InChI is InChI=1S/C25H36N4O3/c1-4-26-25(28-21-10-11-23(32-5-2)24(16-21)31-3)27-17-19-6-8-20(9-7-19)18-29-14-12-22(30)13-15-29/h6-11,16,22,30H,4-5,12-15,17-18H2,1-3H3,(H2,26,27,28). The van der Waals surface area contributed by atoms with Crippen molar-refractivity contribution in [2.45, 2.75) is 45.9 Å². The molecule has 1 saturated heterocycles. The fraction of sp³-hybridized carbons (Fsp3) is 0.480. The minimum atomic E-state index is -0.130. The molecule has 1 heterocycles. The van der Waals surface area contributed by atoms with E-state index in [9.17, 15) is 5.11 Å². The highest BCUT2D eigenvalue weighted by atomic mass is 16.5. The Morgan fingerprint density at radius 1 is 1.06 bits per heavy atom. The van der Waals surface area contributed by atoms with E-state index in [0.29, 0.717) is 18.9 Å². The van der Waals surface area contributed by atoms with Crippen LogP contribution in [0.1, 0.15) is 37.8 Å². The number of guanidine groups is 1. The van der Waals surface area contributed by atoms with Crippen LogP contribution in [-0.4, -0.2) is 55.4 Å². The zero-order valence-electron chi connectivity index (χ0n) is 19.4. The summed E-state index contributed by atoms with van der Waals surface area (Å²) in [5.74, 6) is 2.13. The van der Waals surface area contributed by atoms with Gasteiger partial charge in [-0.1, -0.05) is 24.3 Å². The second kappa shape index (κ2) is 12.3. The summed E-state index contributed by atoms with van der Waals surface area (Å²) >= 11 is 0. The molecule has 3 N–H and O–H groups in total. The predicted molar refractivity (Wildman–Crippen MR) is 130 cm³/mol. The van der Waals surface area contributed by atoms with E-state index in [1.54, 1.807) is 7.11 Å². The summed E-state index contributed by atoms with van der Waals surface area (Å²) in [7, 11) is 1.64. The number of benzene rings is 2. The second-order valence-corrected chi connectivity index (χ2v) is 7.94. The van der Waals surface area contributed by atoms with Gasteiger partial charge in [-0.25, -0.2) is 4.99 Å². The van der Waals surface area contributed by atoms with Crippen molar-refractivity contribution in [3.05, 3.63) is 53.6 Å². The quantitative estimate of drug-likeness (QED) is 0.408. The highest BCUT2D eigenvalue weighted by molar-refractivity contribution is 5.93. The first kappa shape index (κ1) is 23.9. The monoisotopic (exact) mass is 440 g/mol. The molecule has 0 atom stereocenters. The highest BCUT2D eigenvalue weighted by Crippen LogP contribution is 2.30. The number of aliphatic hydroxyl groups is 1. The Hall–Kier alpha value is -2.77. The molecule has 0 amide bonds. The van der Waals surface area contributed by atoms with Gasteiger partial charge in [-0.3, -0.25) is 4.90 Å². The molecule has 0 radical (unpaired) electrons. The lowest BCUT2D eigenvalue weighted by Gasteiger charge is -2.29. The lowest BCUT2D eigenvalue weighted by molar-refractivity contribution is 0.0792. The zero-order chi connectivity index (χ0) is 22.8. The van der Waals surface area contributed by atoms with Crippen molar-refractivity contribution in [2.24, 2.45) is 4.99 Å². The lowest BCUT2D eigenvalue weighted by Crippen LogP contribution is -2.35. The first-order valence-corrected chi connectivity index (χ1v) is 11.5. The van der Waals surface area contributed by atoms with E-state index in [1.807, 2.05) is 32.0 Å². The van der Waals surface area contributed by atoms with Gasteiger partial charge in [0.25, 0.3) is 0 Å². The molecule has 0 spiro atoms. The van der Waals surface area contributed by atoms with Crippen molar-refractivity contribution in [1.82, 2.24) is 10.2 Å². The minimum Gasteiger partial charge on any atom is -0.493 e. The van der Waals surface area contributed by atoms with E-state index in [4.69, 9.17) is 14.5 Å². The van der Waals surface area contributed by atoms with E-state index in [2.05, 4.69) is 39.8 Å². The summed E-state index contributed by atoms with van der Waals surface area (Å²) < 4.78 is 11.0. The predicted octanol–water partition coefficient (Wildman–Crippen LogP) is 3.63. The second-order valence-electron chi connectivity index (χ2n) is 7.94. The van der Waals surface area contributed by atoms with Crippen molar-refractivity contribution in [3.63, 3.8) is 0 Å². The minimum absolute atomic E-state index is 0.130. The van der Waals surface area contributed by atoms with Gasteiger partial charge in [0.15, 0.2) is 17.5 Å². The number of aliphatic imine (C=N–C) groups is 1. The maximum Gasteiger partial charge on any atom is 0.196 e. The number of hydrogen-bond donors (Lipinski definition) is 3. The van der Waals surface area contributed by atoms with E-state index >= 15 is 0 Å². The van der Waals surface area contributed by atoms with Gasteiger partial charge >= 0.3 is 0 Å². The van der Waals surface area contributed by atoms with Gasteiger partial charge in [-0.2, -0.15) is 0 Å². The summed E-state index contributed by atoms with van der Waals surface area (Å²) in [6.07, 6.45) is 1.61. The fourth-order valence-corrected chi connectivity index (χ4v) is 3.72.